The molecule has 0 saturated carbocycles. The van der Waals surface area contributed by atoms with Gasteiger partial charge in [-0.1, -0.05) is 85.3 Å². The van der Waals surface area contributed by atoms with Crippen molar-refractivity contribution in [2.24, 2.45) is 23.5 Å². The summed E-state index contributed by atoms with van der Waals surface area (Å²) in [6, 6.07) is 34.6. The minimum atomic E-state index is -0.459. The number of aromatic hydroxyl groups is 1. The number of hydrogen-bond acceptors (Lipinski definition) is 10. The Bertz CT molecular complexity index is 2970. The summed E-state index contributed by atoms with van der Waals surface area (Å²) in [7, 11) is 1.55. The van der Waals surface area contributed by atoms with Gasteiger partial charge >= 0.3 is 6.09 Å². The zero-order valence-corrected chi connectivity index (χ0v) is 47.3. The van der Waals surface area contributed by atoms with Crippen LogP contribution in [0, 0.1) is 17.8 Å². The van der Waals surface area contributed by atoms with Crippen LogP contribution in [0.2, 0.25) is 5.02 Å². The third-order valence-corrected chi connectivity index (χ3v) is 15.0. The molecule has 3 atom stereocenters. The standard InChI is InChI=1S/C39H45ClN4O6.C21H24N2O3.C3H9N/c1-24(2)50-35-13-10-26(16-36(35)49-3)39(48)44-21-28-20-43(37(46)17-27-19-42-34-18-29(40)11-12-31(27)34)23-33(32(28)22-44)38(47)41-14-5-4-7-25-8-6-9-30(45)15-25;24-15-22-12-6-1-7-13-23-21(25)26-14-20-18-10-4-2-8-16(18)17-9-3-5-11-19(17)20;1-2-3-4/h6,8-13,15-16,18-19,24,28,32-33,42,45H,4-5,7,14,17,20-23H2,1-3H3,(H,41,47);2-5,8-11,15,20H,1,6-7,12-14H2,(H,22,24)(H,23,25);2-4H2,1H3. The van der Waals surface area contributed by atoms with Crippen LogP contribution >= 0.6 is 11.6 Å². The van der Waals surface area contributed by atoms with Gasteiger partial charge in [0.2, 0.25) is 18.2 Å². The van der Waals surface area contributed by atoms with Gasteiger partial charge in [-0.3, -0.25) is 19.2 Å². The van der Waals surface area contributed by atoms with E-state index in [-0.39, 0.29) is 59.8 Å². The molecule has 0 spiro atoms. The first-order chi connectivity index (χ1) is 38.8. The van der Waals surface area contributed by atoms with Crippen molar-refractivity contribution >= 4 is 52.7 Å². The van der Waals surface area contributed by atoms with Crippen LogP contribution < -0.4 is 31.2 Å². The summed E-state index contributed by atoms with van der Waals surface area (Å²) >= 11 is 6.17. The number of likely N-dealkylation sites (tertiary alicyclic amines) is 2. The summed E-state index contributed by atoms with van der Waals surface area (Å²) in [4.78, 5) is 70.4. The second-order valence-corrected chi connectivity index (χ2v) is 21.3. The molecule has 9 rings (SSSR count). The second-order valence-electron chi connectivity index (χ2n) is 20.8. The highest BCUT2D eigenvalue weighted by Gasteiger charge is 2.48. The van der Waals surface area contributed by atoms with Gasteiger partial charge in [-0.15, -0.1) is 0 Å². The van der Waals surface area contributed by atoms with E-state index >= 15 is 0 Å². The highest BCUT2D eigenvalue weighted by atomic mass is 35.5. The van der Waals surface area contributed by atoms with E-state index in [2.05, 4.69) is 52.1 Å². The first-order valence-corrected chi connectivity index (χ1v) is 28.4. The second kappa shape index (κ2) is 30.1. The first kappa shape index (κ1) is 60.1. The van der Waals surface area contributed by atoms with Crippen molar-refractivity contribution in [3.05, 3.63) is 148 Å². The number of piperidine rings is 1. The summed E-state index contributed by atoms with van der Waals surface area (Å²) < 4.78 is 16.8. The van der Waals surface area contributed by atoms with Gasteiger partial charge in [-0.25, -0.2) is 4.79 Å². The Morgan fingerprint density at radius 3 is 2.20 bits per heavy atom. The highest BCUT2D eigenvalue weighted by molar-refractivity contribution is 6.31. The predicted octanol–water partition coefficient (Wildman–Crippen LogP) is 9.65. The van der Waals surface area contributed by atoms with Crippen LogP contribution in [-0.2, 0) is 32.0 Å². The number of ether oxygens (including phenoxy) is 3. The molecular formula is C63H78ClN7O9. The predicted molar refractivity (Wildman–Crippen MR) is 313 cm³/mol. The van der Waals surface area contributed by atoms with Crippen molar-refractivity contribution in [1.29, 1.82) is 0 Å². The molecule has 7 N–H and O–H groups in total. The van der Waals surface area contributed by atoms with Gasteiger partial charge in [0, 0.05) is 79.4 Å². The molecule has 2 saturated heterocycles. The maximum absolute atomic E-state index is 13.8. The molecule has 3 unspecified atom stereocenters. The van der Waals surface area contributed by atoms with Crippen molar-refractivity contribution in [2.75, 3.05) is 66.1 Å². The van der Waals surface area contributed by atoms with E-state index in [1.165, 1.54) is 22.3 Å². The number of alkyl carbamates (subject to hydrolysis) is 1. The number of aryl methyl sites for hydroxylation is 1. The topological polar surface area (TPSA) is 218 Å². The van der Waals surface area contributed by atoms with Crippen molar-refractivity contribution in [3.63, 3.8) is 0 Å². The number of nitrogens with one attached hydrogen (secondary N) is 4. The Labute approximate surface area is 475 Å². The lowest BCUT2D eigenvalue weighted by Crippen LogP contribution is -2.53. The maximum Gasteiger partial charge on any atom is 0.407 e. The number of benzene rings is 5. The number of phenols is 1. The van der Waals surface area contributed by atoms with Crippen LogP contribution in [0.1, 0.15) is 97.8 Å². The normalized spacial score (nSPS) is 16.0. The lowest BCUT2D eigenvalue weighted by molar-refractivity contribution is -0.138. The van der Waals surface area contributed by atoms with Gasteiger partial charge in [-0.05, 0) is 153 Å². The van der Waals surface area contributed by atoms with Gasteiger partial charge in [0.15, 0.2) is 11.5 Å². The fourth-order valence-corrected chi connectivity index (χ4v) is 10.9. The van der Waals surface area contributed by atoms with Gasteiger partial charge in [0.25, 0.3) is 5.91 Å². The summed E-state index contributed by atoms with van der Waals surface area (Å²) in [5, 5.41) is 19.9. The molecule has 0 radical (unpaired) electrons. The molecular weight excluding hydrogens is 1030 g/mol. The fraction of sp³-hybridized carbons (Fsp3) is 0.413. The van der Waals surface area contributed by atoms with Crippen LogP contribution in [0.3, 0.4) is 0 Å². The third-order valence-electron chi connectivity index (χ3n) is 14.8. The van der Waals surface area contributed by atoms with E-state index in [4.69, 9.17) is 31.5 Å². The molecule has 2 aliphatic heterocycles. The number of halogens is 1. The summed E-state index contributed by atoms with van der Waals surface area (Å²) in [5.41, 5.74) is 13.2. The van der Waals surface area contributed by atoms with E-state index in [0.29, 0.717) is 80.9 Å². The Morgan fingerprint density at radius 2 is 1.50 bits per heavy atom. The minimum absolute atomic E-state index is 0.0475. The minimum Gasteiger partial charge on any atom is -0.508 e. The third kappa shape index (κ3) is 16.3. The highest BCUT2D eigenvalue weighted by Crippen LogP contribution is 2.45. The number of carbonyl (C=O) groups is 5. The first-order valence-electron chi connectivity index (χ1n) is 28.0. The van der Waals surface area contributed by atoms with Crippen molar-refractivity contribution in [2.45, 2.75) is 84.2 Å². The molecule has 2 fully saturated rings. The van der Waals surface area contributed by atoms with Gasteiger partial charge in [-0.2, -0.15) is 0 Å². The maximum atomic E-state index is 13.8. The van der Waals surface area contributed by atoms with Gasteiger partial charge < -0.3 is 55.8 Å². The Kier molecular flexibility index (Phi) is 22.6. The van der Waals surface area contributed by atoms with E-state index < -0.39 is 5.92 Å². The number of fused-ring (bicyclic) bond motifs is 5. The number of methoxy groups -OCH3 is 1. The molecule has 3 heterocycles. The molecule has 17 heteroatoms. The molecule has 5 aromatic carbocycles. The number of carbonyl (C=O) groups excluding carboxylic acids is 5. The molecule has 16 nitrogen and oxygen atoms in total. The van der Waals surface area contributed by atoms with Crippen molar-refractivity contribution in [3.8, 4) is 28.4 Å². The Hall–Kier alpha value is -7.56. The number of phenolic OH excluding ortho intramolecular Hbond substituents is 1. The van der Waals surface area contributed by atoms with Crippen LogP contribution in [0.4, 0.5) is 4.79 Å². The van der Waals surface area contributed by atoms with Crippen LogP contribution in [0.15, 0.2) is 115 Å². The number of unbranched alkanes of at least 4 members (excludes halogenated alkanes) is 3. The number of nitrogens with two attached hydrogens (primary N) is 1. The number of rotatable bonds is 22. The number of H-pyrrole nitrogens is 1. The lowest BCUT2D eigenvalue weighted by atomic mass is 9.79. The molecule has 5 amide bonds. The van der Waals surface area contributed by atoms with Crippen LogP contribution in [-0.4, -0.2) is 122 Å². The Balaban J connectivity index is 0.000000257. The SMILES string of the molecule is CCCN.COc1cc(C(=O)N2CC3CN(C(=O)Cc4c[nH]c5cc(Cl)ccc45)CC(C(=O)NCCCCc4cccc(O)c4)C3C2)ccc1OC(C)C.O=CNCCCCCNC(=O)OCC1c2ccccc2-c2ccccc21. The van der Waals surface area contributed by atoms with E-state index in [1.54, 1.807) is 47.2 Å². The summed E-state index contributed by atoms with van der Waals surface area (Å²) in [6.45, 7) is 10.5. The fourth-order valence-electron chi connectivity index (χ4n) is 10.8. The molecule has 80 heavy (non-hydrogen) atoms. The Morgan fingerprint density at radius 1 is 0.800 bits per heavy atom. The quantitative estimate of drug-likeness (QED) is 0.0279. The zero-order chi connectivity index (χ0) is 57.0. The average Bonchev–Trinajstić information content (AvgIpc) is 4.28. The molecule has 426 valence electrons. The van der Waals surface area contributed by atoms with Gasteiger partial charge in [0.1, 0.15) is 12.4 Å². The molecule has 3 aliphatic rings. The molecule has 1 aromatic heterocycles. The average molecular weight is 1110 g/mol. The molecule has 0 bridgehead atoms. The number of hydrogen-bond donors (Lipinski definition) is 6. The van der Waals surface area contributed by atoms with Crippen LogP contribution in [0.25, 0.3) is 22.0 Å². The lowest BCUT2D eigenvalue weighted by Gasteiger charge is -2.39. The number of amides is 5. The van der Waals surface area contributed by atoms with Crippen LogP contribution in [0.5, 0.6) is 17.2 Å². The number of nitrogens with zero attached hydrogens (tertiary/aromatic N) is 2. The van der Waals surface area contributed by atoms with E-state index in [9.17, 15) is 29.1 Å². The van der Waals surface area contributed by atoms with Crippen molar-refractivity contribution in [1.82, 2.24) is 30.7 Å². The molecule has 1 aliphatic carbocycles. The van der Waals surface area contributed by atoms with Gasteiger partial charge in [0.05, 0.1) is 25.6 Å². The number of aromatic amines is 1. The zero-order valence-electron chi connectivity index (χ0n) is 46.5. The van der Waals surface area contributed by atoms with Crippen molar-refractivity contribution < 1.29 is 43.3 Å². The monoisotopic (exact) mass is 1110 g/mol. The van der Waals surface area contributed by atoms with E-state index in [1.807, 2.05) is 74.6 Å². The van der Waals surface area contributed by atoms with E-state index in [0.717, 1.165) is 73.5 Å². The summed E-state index contributed by atoms with van der Waals surface area (Å²) in [6.07, 6.45) is 8.56. The number of aromatic nitrogens is 1. The summed E-state index contributed by atoms with van der Waals surface area (Å²) in [5.74, 6) is 0.496. The smallest absolute Gasteiger partial charge is 0.407 e. The molecule has 6 aromatic rings. The largest absolute Gasteiger partial charge is 0.508 e.